The van der Waals surface area contributed by atoms with Crippen molar-refractivity contribution >= 4 is 0 Å². The van der Waals surface area contributed by atoms with Crippen LogP contribution in [0.3, 0.4) is 0 Å². The molecule has 0 aliphatic carbocycles. The minimum absolute atomic E-state index is 0.0529. The molecule has 0 saturated carbocycles. The standard InChI is InChI=1S/C10H20N2/c1-4-10(8-11)12-7-5-6-9(2)3/h9-10,12H,4-7H2,1-3H3. The second kappa shape index (κ2) is 7.12. The van der Waals surface area contributed by atoms with Gasteiger partial charge in [-0.15, -0.1) is 0 Å². The SMILES string of the molecule is CCC(C#N)NCCCC(C)C. The molecule has 0 radical (unpaired) electrons. The first-order chi connectivity index (χ1) is 5.70. The Morgan fingerprint density at radius 1 is 1.42 bits per heavy atom. The molecule has 0 aromatic rings. The van der Waals surface area contributed by atoms with E-state index in [4.69, 9.17) is 5.26 Å². The molecule has 0 aromatic heterocycles. The molecule has 1 N–H and O–H groups in total. The zero-order valence-corrected chi connectivity index (χ0v) is 8.43. The molecule has 1 unspecified atom stereocenters. The van der Waals surface area contributed by atoms with E-state index in [1.807, 2.05) is 6.92 Å². The molecule has 0 aliphatic heterocycles. The molecular weight excluding hydrogens is 148 g/mol. The maximum absolute atomic E-state index is 8.62. The van der Waals surface area contributed by atoms with Crippen molar-refractivity contribution in [3.63, 3.8) is 0 Å². The van der Waals surface area contributed by atoms with Crippen molar-refractivity contribution in [2.24, 2.45) is 5.92 Å². The van der Waals surface area contributed by atoms with Gasteiger partial charge in [-0.25, -0.2) is 0 Å². The molecule has 12 heavy (non-hydrogen) atoms. The second-order valence-electron chi connectivity index (χ2n) is 3.58. The van der Waals surface area contributed by atoms with Crippen LogP contribution >= 0.6 is 0 Å². The average molecular weight is 168 g/mol. The molecule has 0 spiro atoms. The zero-order valence-electron chi connectivity index (χ0n) is 8.43. The third-order valence-electron chi connectivity index (χ3n) is 1.91. The topological polar surface area (TPSA) is 35.8 Å². The van der Waals surface area contributed by atoms with E-state index >= 15 is 0 Å². The summed E-state index contributed by atoms with van der Waals surface area (Å²) in [5.41, 5.74) is 0. The lowest BCUT2D eigenvalue weighted by molar-refractivity contribution is 0.504. The molecule has 0 amide bonds. The van der Waals surface area contributed by atoms with Gasteiger partial charge in [-0.2, -0.15) is 5.26 Å². The van der Waals surface area contributed by atoms with Crippen LogP contribution in [-0.2, 0) is 0 Å². The number of nitriles is 1. The van der Waals surface area contributed by atoms with E-state index in [1.54, 1.807) is 0 Å². The van der Waals surface area contributed by atoms with Crippen LogP contribution in [0.5, 0.6) is 0 Å². The minimum Gasteiger partial charge on any atom is -0.302 e. The molecule has 0 heterocycles. The van der Waals surface area contributed by atoms with Crippen LogP contribution in [0, 0.1) is 17.2 Å². The van der Waals surface area contributed by atoms with Gasteiger partial charge >= 0.3 is 0 Å². The Balaban J connectivity index is 3.25. The van der Waals surface area contributed by atoms with Crippen LogP contribution in [0.15, 0.2) is 0 Å². The van der Waals surface area contributed by atoms with E-state index in [-0.39, 0.29) is 6.04 Å². The van der Waals surface area contributed by atoms with Gasteiger partial charge in [0, 0.05) is 0 Å². The summed E-state index contributed by atoms with van der Waals surface area (Å²) in [5, 5.41) is 11.8. The summed E-state index contributed by atoms with van der Waals surface area (Å²) in [6.45, 7) is 7.46. The van der Waals surface area contributed by atoms with Crippen molar-refractivity contribution in [2.45, 2.75) is 46.1 Å². The molecule has 70 valence electrons. The molecular formula is C10H20N2. The van der Waals surface area contributed by atoms with Crippen LogP contribution in [0.4, 0.5) is 0 Å². The summed E-state index contributed by atoms with van der Waals surface area (Å²) in [4.78, 5) is 0. The van der Waals surface area contributed by atoms with Crippen LogP contribution in [0.2, 0.25) is 0 Å². The van der Waals surface area contributed by atoms with Crippen molar-refractivity contribution in [1.82, 2.24) is 5.32 Å². The van der Waals surface area contributed by atoms with Gasteiger partial charge in [0.05, 0.1) is 12.1 Å². The lowest BCUT2D eigenvalue weighted by Gasteiger charge is -2.09. The zero-order chi connectivity index (χ0) is 9.40. The molecule has 0 aromatic carbocycles. The molecule has 2 heteroatoms. The molecule has 2 nitrogen and oxygen atoms in total. The first-order valence-corrected chi connectivity index (χ1v) is 4.83. The maximum atomic E-state index is 8.62. The highest BCUT2D eigenvalue weighted by Crippen LogP contribution is 2.02. The third kappa shape index (κ3) is 6.18. The second-order valence-corrected chi connectivity index (χ2v) is 3.58. The Kier molecular flexibility index (Phi) is 6.79. The molecule has 0 rings (SSSR count). The number of rotatable bonds is 6. The molecule has 0 saturated heterocycles. The summed E-state index contributed by atoms with van der Waals surface area (Å²) < 4.78 is 0. The van der Waals surface area contributed by atoms with Gasteiger partial charge in [0.1, 0.15) is 0 Å². The van der Waals surface area contributed by atoms with Crippen LogP contribution < -0.4 is 5.32 Å². The lowest BCUT2D eigenvalue weighted by Crippen LogP contribution is -2.27. The monoisotopic (exact) mass is 168 g/mol. The number of nitrogens with zero attached hydrogens (tertiary/aromatic N) is 1. The van der Waals surface area contributed by atoms with Gasteiger partial charge < -0.3 is 5.32 Å². The van der Waals surface area contributed by atoms with Gasteiger partial charge in [-0.1, -0.05) is 20.8 Å². The highest BCUT2D eigenvalue weighted by molar-refractivity contribution is 4.87. The number of hydrogen-bond acceptors (Lipinski definition) is 2. The average Bonchev–Trinajstić information content (AvgIpc) is 2.04. The maximum Gasteiger partial charge on any atom is 0.0950 e. The van der Waals surface area contributed by atoms with E-state index in [1.165, 1.54) is 12.8 Å². The Hall–Kier alpha value is -0.550. The summed E-state index contributed by atoms with van der Waals surface area (Å²) >= 11 is 0. The van der Waals surface area contributed by atoms with Gasteiger partial charge in [0.25, 0.3) is 0 Å². The highest BCUT2D eigenvalue weighted by atomic mass is 14.9. The third-order valence-corrected chi connectivity index (χ3v) is 1.91. The van der Waals surface area contributed by atoms with Crippen LogP contribution in [0.25, 0.3) is 0 Å². The smallest absolute Gasteiger partial charge is 0.0950 e. The van der Waals surface area contributed by atoms with Crippen molar-refractivity contribution in [1.29, 1.82) is 5.26 Å². The van der Waals surface area contributed by atoms with Crippen molar-refractivity contribution in [3.8, 4) is 6.07 Å². The van der Waals surface area contributed by atoms with Gasteiger partial charge in [-0.3, -0.25) is 0 Å². The molecule has 0 aliphatic rings. The van der Waals surface area contributed by atoms with E-state index in [0.29, 0.717) is 0 Å². The summed E-state index contributed by atoms with van der Waals surface area (Å²) in [5.74, 6) is 0.772. The number of hydrogen-bond donors (Lipinski definition) is 1. The summed E-state index contributed by atoms with van der Waals surface area (Å²) in [7, 11) is 0. The first-order valence-electron chi connectivity index (χ1n) is 4.83. The highest BCUT2D eigenvalue weighted by Gasteiger charge is 2.01. The Morgan fingerprint density at radius 2 is 2.08 bits per heavy atom. The Bertz CT molecular complexity index is 135. The van der Waals surface area contributed by atoms with Crippen LogP contribution in [0.1, 0.15) is 40.0 Å². The number of nitrogens with one attached hydrogen (secondary N) is 1. The van der Waals surface area contributed by atoms with Crippen molar-refractivity contribution in [3.05, 3.63) is 0 Å². The first kappa shape index (κ1) is 11.4. The lowest BCUT2D eigenvalue weighted by atomic mass is 10.1. The Labute approximate surface area is 76.0 Å². The quantitative estimate of drug-likeness (QED) is 0.618. The predicted molar refractivity (Wildman–Crippen MR) is 51.8 cm³/mol. The van der Waals surface area contributed by atoms with E-state index in [0.717, 1.165) is 18.9 Å². The van der Waals surface area contributed by atoms with Gasteiger partial charge in [0.2, 0.25) is 0 Å². The normalized spacial score (nSPS) is 12.9. The fraction of sp³-hybridized carbons (Fsp3) is 0.900. The van der Waals surface area contributed by atoms with E-state index in [9.17, 15) is 0 Å². The van der Waals surface area contributed by atoms with Gasteiger partial charge in [0.15, 0.2) is 0 Å². The fourth-order valence-electron chi connectivity index (χ4n) is 1.07. The fourth-order valence-corrected chi connectivity index (χ4v) is 1.07. The largest absolute Gasteiger partial charge is 0.302 e. The van der Waals surface area contributed by atoms with E-state index in [2.05, 4.69) is 25.2 Å². The Morgan fingerprint density at radius 3 is 2.50 bits per heavy atom. The van der Waals surface area contributed by atoms with Crippen LogP contribution in [-0.4, -0.2) is 12.6 Å². The summed E-state index contributed by atoms with van der Waals surface area (Å²) in [6, 6.07) is 2.28. The minimum atomic E-state index is 0.0529. The van der Waals surface area contributed by atoms with Gasteiger partial charge in [-0.05, 0) is 31.7 Å². The predicted octanol–water partition coefficient (Wildman–Crippen LogP) is 2.31. The molecule has 0 fully saturated rings. The summed E-state index contributed by atoms with van der Waals surface area (Å²) in [6.07, 6.45) is 3.32. The van der Waals surface area contributed by atoms with Crippen molar-refractivity contribution in [2.75, 3.05) is 6.54 Å². The van der Waals surface area contributed by atoms with E-state index < -0.39 is 0 Å². The molecule has 0 bridgehead atoms. The van der Waals surface area contributed by atoms with Crippen molar-refractivity contribution < 1.29 is 0 Å². The molecule has 1 atom stereocenters.